The second kappa shape index (κ2) is 9.94. The number of nitrogens with zero attached hydrogens (tertiary/aromatic N) is 1. The summed E-state index contributed by atoms with van der Waals surface area (Å²) < 4.78 is 5.12. The highest BCUT2D eigenvalue weighted by atomic mass is 35.5. The smallest absolute Gasteiger partial charge is 0.338 e. The molecule has 4 rings (SSSR count). The summed E-state index contributed by atoms with van der Waals surface area (Å²) in [5, 5.41) is 2.33. The number of carbonyl (C=O) groups is 4. The van der Waals surface area contributed by atoms with Crippen LogP contribution in [0.2, 0.25) is 5.02 Å². The second-order valence-corrected chi connectivity index (χ2v) is 9.92. The van der Waals surface area contributed by atoms with Gasteiger partial charge in [-0.1, -0.05) is 23.7 Å². The van der Waals surface area contributed by atoms with E-state index in [9.17, 15) is 19.2 Å². The predicted octanol–water partition coefficient (Wildman–Crippen LogP) is 4.56. The molecule has 3 amide bonds. The molecule has 0 radical (unpaired) electrons. The number of fused-ring (bicyclic) bond motifs is 1. The highest BCUT2D eigenvalue weighted by Crippen LogP contribution is 2.43. The van der Waals surface area contributed by atoms with E-state index in [1.807, 2.05) is 0 Å². The Balaban J connectivity index is 1.42. The lowest BCUT2D eigenvalue weighted by Crippen LogP contribution is -2.34. The minimum Gasteiger partial charge on any atom is -0.452 e. The zero-order valence-corrected chi connectivity index (χ0v) is 20.4. The van der Waals surface area contributed by atoms with Crippen LogP contribution in [0.25, 0.3) is 0 Å². The molecule has 34 heavy (non-hydrogen) atoms. The van der Waals surface area contributed by atoms with E-state index >= 15 is 0 Å². The standard InChI is InChI=1S/C24H21Cl3N2O5/c1-12-5-6-14(25)8-20(12)28-21(30)11-34-24(33)13-3-2-4-15(7-13)29-22(31)16-9-18(26)19(27)10-17(16)23(29)32/h2-8,16-19H,9-11H2,1H3,(H,28,30)/t16-,17+,18+,19-. The molecular formula is C24H21Cl3N2O5. The van der Waals surface area contributed by atoms with Crippen LogP contribution in [0.3, 0.4) is 0 Å². The van der Waals surface area contributed by atoms with Crippen molar-refractivity contribution >= 4 is 69.9 Å². The molecule has 7 nitrogen and oxygen atoms in total. The Hall–Kier alpha value is -2.61. The number of carbonyl (C=O) groups excluding carboxylic acids is 4. The number of hydrogen-bond donors (Lipinski definition) is 1. The molecule has 2 fully saturated rings. The Bertz CT molecular complexity index is 1140. The topological polar surface area (TPSA) is 92.8 Å². The normalized spacial score (nSPS) is 24.1. The van der Waals surface area contributed by atoms with Gasteiger partial charge in [0.1, 0.15) is 0 Å². The Morgan fingerprint density at radius 2 is 1.68 bits per heavy atom. The molecule has 1 saturated carbocycles. The van der Waals surface area contributed by atoms with Crippen molar-refractivity contribution in [3.05, 3.63) is 58.6 Å². The molecule has 0 unspecified atom stereocenters. The van der Waals surface area contributed by atoms with Crippen molar-refractivity contribution in [2.45, 2.75) is 30.5 Å². The van der Waals surface area contributed by atoms with Crippen LogP contribution in [0.1, 0.15) is 28.8 Å². The summed E-state index contributed by atoms with van der Waals surface area (Å²) in [4.78, 5) is 51.7. The van der Waals surface area contributed by atoms with Crippen LogP contribution in [0, 0.1) is 18.8 Å². The van der Waals surface area contributed by atoms with E-state index < -0.39 is 30.3 Å². The van der Waals surface area contributed by atoms with Crippen molar-refractivity contribution < 1.29 is 23.9 Å². The first-order chi connectivity index (χ1) is 16.2. The first kappa shape index (κ1) is 24.5. The molecule has 2 aromatic rings. The Kier molecular flexibility index (Phi) is 7.17. The monoisotopic (exact) mass is 522 g/mol. The molecule has 2 aliphatic rings. The number of anilines is 2. The van der Waals surface area contributed by atoms with Crippen LogP contribution in [0.4, 0.5) is 11.4 Å². The lowest BCUT2D eigenvalue weighted by Gasteiger charge is -2.28. The van der Waals surface area contributed by atoms with Gasteiger partial charge in [-0.05, 0) is 55.7 Å². The number of esters is 1. The number of imide groups is 1. The average Bonchev–Trinajstić information content (AvgIpc) is 3.04. The van der Waals surface area contributed by atoms with Crippen LogP contribution >= 0.6 is 34.8 Å². The fourth-order valence-corrected chi connectivity index (χ4v) is 5.01. The largest absolute Gasteiger partial charge is 0.452 e. The van der Waals surface area contributed by atoms with Gasteiger partial charge in [0, 0.05) is 10.7 Å². The van der Waals surface area contributed by atoms with Gasteiger partial charge in [0.25, 0.3) is 5.91 Å². The predicted molar refractivity (Wildman–Crippen MR) is 130 cm³/mol. The van der Waals surface area contributed by atoms with Gasteiger partial charge in [-0.3, -0.25) is 19.3 Å². The number of amides is 3. The lowest BCUT2D eigenvalue weighted by molar-refractivity contribution is -0.122. The minimum absolute atomic E-state index is 0.102. The summed E-state index contributed by atoms with van der Waals surface area (Å²) in [6.45, 7) is 1.29. The molecule has 1 aliphatic carbocycles. The van der Waals surface area contributed by atoms with E-state index in [1.165, 1.54) is 12.1 Å². The Morgan fingerprint density at radius 3 is 2.32 bits per heavy atom. The molecule has 0 aromatic heterocycles. The third kappa shape index (κ3) is 4.92. The minimum atomic E-state index is -0.766. The van der Waals surface area contributed by atoms with Gasteiger partial charge in [0.15, 0.2) is 6.61 Å². The van der Waals surface area contributed by atoms with E-state index in [1.54, 1.807) is 37.3 Å². The first-order valence-corrected chi connectivity index (χ1v) is 11.9. The SMILES string of the molecule is Cc1ccc(Cl)cc1NC(=O)COC(=O)c1cccc(N2C(=O)[C@H]3C[C@@H](Cl)[C@@H](Cl)C[C@H]3C2=O)c1. The number of alkyl halides is 2. The van der Waals surface area contributed by atoms with Gasteiger partial charge in [0.05, 0.1) is 33.8 Å². The summed E-state index contributed by atoms with van der Waals surface area (Å²) in [6.07, 6.45) is 0.648. The first-order valence-electron chi connectivity index (χ1n) is 10.6. The van der Waals surface area contributed by atoms with Gasteiger partial charge in [-0.25, -0.2) is 4.79 Å². The van der Waals surface area contributed by atoms with Crippen molar-refractivity contribution in [2.75, 3.05) is 16.8 Å². The van der Waals surface area contributed by atoms with Crippen LogP contribution in [-0.4, -0.2) is 41.1 Å². The van der Waals surface area contributed by atoms with E-state index in [2.05, 4.69) is 5.32 Å². The van der Waals surface area contributed by atoms with Gasteiger partial charge in [-0.15, -0.1) is 23.2 Å². The van der Waals surface area contributed by atoms with Crippen molar-refractivity contribution in [1.29, 1.82) is 0 Å². The maximum Gasteiger partial charge on any atom is 0.338 e. The maximum atomic E-state index is 12.9. The number of hydrogen-bond acceptors (Lipinski definition) is 5. The van der Waals surface area contributed by atoms with E-state index in [-0.39, 0.29) is 33.8 Å². The van der Waals surface area contributed by atoms with Gasteiger partial charge in [-0.2, -0.15) is 0 Å². The Labute approximate surface area is 211 Å². The summed E-state index contributed by atoms with van der Waals surface area (Å²) in [5.74, 6) is -3.07. The van der Waals surface area contributed by atoms with E-state index in [0.29, 0.717) is 23.6 Å². The molecular weight excluding hydrogens is 503 g/mol. The number of ether oxygens (including phenoxy) is 1. The molecule has 0 bridgehead atoms. The van der Waals surface area contributed by atoms with Crippen molar-refractivity contribution in [3.63, 3.8) is 0 Å². The lowest BCUT2D eigenvalue weighted by atomic mass is 9.80. The van der Waals surface area contributed by atoms with Crippen molar-refractivity contribution in [3.8, 4) is 0 Å². The quantitative estimate of drug-likeness (QED) is 0.352. The number of nitrogens with one attached hydrogen (secondary N) is 1. The molecule has 10 heteroatoms. The van der Waals surface area contributed by atoms with Gasteiger partial charge >= 0.3 is 5.97 Å². The summed E-state index contributed by atoms with van der Waals surface area (Å²) in [7, 11) is 0. The zero-order chi connectivity index (χ0) is 24.6. The van der Waals surface area contributed by atoms with E-state index in [4.69, 9.17) is 39.5 Å². The number of rotatable bonds is 5. The molecule has 1 heterocycles. The molecule has 4 atom stereocenters. The van der Waals surface area contributed by atoms with Crippen LogP contribution in [0.5, 0.6) is 0 Å². The number of benzene rings is 2. The fourth-order valence-electron chi connectivity index (χ4n) is 4.25. The number of aryl methyl sites for hydroxylation is 1. The van der Waals surface area contributed by atoms with E-state index in [0.717, 1.165) is 10.5 Å². The highest BCUT2D eigenvalue weighted by molar-refractivity contribution is 6.31. The third-order valence-electron chi connectivity index (χ3n) is 6.06. The molecule has 1 N–H and O–H groups in total. The Morgan fingerprint density at radius 1 is 1.03 bits per heavy atom. The van der Waals surface area contributed by atoms with Crippen molar-refractivity contribution in [2.24, 2.45) is 11.8 Å². The zero-order valence-electron chi connectivity index (χ0n) is 18.1. The molecule has 1 aliphatic heterocycles. The third-order valence-corrected chi connectivity index (χ3v) is 7.39. The van der Waals surface area contributed by atoms with Gasteiger partial charge < -0.3 is 10.1 Å². The summed E-state index contributed by atoms with van der Waals surface area (Å²) in [6, 6.07) is 11.0. The number of halogens is 3. The van der Waals surface area contributed by atoms with Crippen molar-refractivity contribution in [1.82, 2.24) is 0 Å². The van der Waals surface area contributed by atoms with Crippen LogP contribution in [-0.2, 0) is 19.1 Å². The fraction of sp³-hybridized carbons (Fsp3) is 0.333. The molecule has 1 saturated heterocycles. The van der Waals surface area contributed by atoms with Crippen LogP contribution in [0.15, 0.2) is 42.5 Å². The summed E-state index contributed by atoms with van der Waals surface area (Å²) in [5.41, 5.74) is 1.68. The van der Waals surface area contributed by atoms with Gasteiger partial charge in [0.2, 0.25) is 11.8 Å². The highest BCUT2D eigenvalue weighted by Gasteiger charge is 2.52. The molecule has 2 aromatic carbocycles. The maximum absolute atomic E-state index is 12.9. The summed E-state index contributed by atoms with van der Waals surface area (Å²) >= 11 is 18.4. The average molecular weight is 524 g/mol. The van der Waals surface area contributed by atoms with Crippen LogP contribution < -0.4 is 10.2 Å². The second-order valence-electron chi connectivity index (χ2n) is 8.36. The molecule has 0 spiro atoms. The molecule has 178 valence electrons.